The molecular formula is C12H14BrF3N2O2. The van der Waals surface area contributed by atoms with E-state index in [4.69, 9.17) is 0 Å². The second-order valence-electron chi connectivity index (χ2n) is 4.55. The number of benzene rings is 1. The van der Waals surface area contributed by atoms with Gasteiger partial charge >= 0.3 is 6.18 Å². The van der Waals surface area contributed by atoms with Crippen LogP contribution in [-0.4, -0.2) is 23.7 Å². The highest BCUT2D eigenvalue weighted by atomic mass is 79.9. The van der Waals surface area contributed by atoms with Crippen LogP contribution in [0.15, 0.2) is 18.2 Å². The van der Waals surface area contributed by atoms with Crippen LogP contribution in [0.5, 0.6) is 0 Å². The Morgan fingerprint density at radius 3 is 2.40 bits per heavy atom. The van der Waals surface area contributed by atoms with E-state index in [9.17, 15) is 23.3 Å². The third kappa shape index (κ3) is 4.36. The van der Waals surface area contributed by atoms with Gasteiger partial charge in [0.2, 0.25) is 0 Å². The highest BCUT2D eigenvalue weighted by molar-refractivity contribution is 9.08. The summed E-state index contributed by atoms with van der Waals surface area (Å²) in [5.41, 5.74) is 0.295. The van der Waals surface area contributed by atoms with Gasteiger partial charge in [-0.2, -0.15) is 13.2 Å². The number of nitro groups is 1. The first-order valence-electron chi connectivity index (χ1n) is 5.82. The van der Waals surface area contributed by atoms with Crippen LogP contribution >= 0.6 is 15.9 Å². The van der Waals surface area contributed by atoms with Gasteiger partial charge in [-0.15, -0.1) is 0 Å². The van der Waals surface area contributed by atoms with Crippen molar-refractivity contribution in [1.29, 1.82) is 0 Å². The molecule has 8 heteroatoms. The van der Waals surface area contributed by atoms with E-state index < -0.39 is 23.7 Å². The van der Waals surface area contributed by atoms with E-state index in [1.807, 2.05) is 0 Å². The molecule has 0 aliphatic rings. The molecule has 20 heavy (non-hydrogen) atoms. The van der Waals surface area contributed by atoms with Crippen molar-refractivity contribution in [2.24, 2.45) is 0 Å². The largest absolute Gasteiger partial charge is 0.405 e. The lowest BCUT2D eigenvalue weighted by atomic mass is 10.1. The van der Waals surface area contributed by atoms with E-state index in [-0.39, 0.29) is 11.4 Å². The van der Waals surface area contributed by atoms with Crippen molar-refractivity contribution in [1.82, 2.24) is 0 Å². The monoisotopic (exact) mass is 354 g/mol. The molecule has 1 aromatic carbocycles. The summed E-state index contributed by atoms with van der Waals surface area (Å²) in [6.07, 6.45) is -4.42. The lowest BCUT2D eigenvalue weighted by Crippen LogP contribution is -2.39. The van der Waals surface area contributed by atoms with E-state index in [1.54, 1.807) is 19.9 Å². The standard InChI is InChI=1S/C12H14BrF3N2O2/c1-8(2)17(7-12(14,15)16)10-4-3-9(6-13)5-11(10)18(19)20/h3-5,8H,6-7H2,1-2H3. The van der Waals surface area contributed by atoms with Crippen molar-refractivity contribution in [3.05, 3.63) is 33.9 Å². The quantitative estimate of drug-likeness (QED) is 0.450. The Morgan fingerprint density at radius 2 is 2.00 bits per heavy atom. The molecule has 0 unspecified atom stereocenters. The van der Waals surface area contributed by atoms with Gasteiger partial charge in [-0.3, -0.25) is 10.1 Å². The van der Waals surface area contributed by atoms with E-state index >= 15 is 0 Å². The normalized spacial score (nSPS) is 11.8. The molecule has 1 aromatic rings. The Hall–Kier alpha value is -1.31. The van der Waals surface area contributed by atoms with Crippen LogP contribution in [0.25, 0.3) is 0 Å². The summed E-state index contributed by atoms with van der Waals surface area (Å²) in [6.45, 7) is 1.90. The van der Waals surface area contributed by atoms with Crippen LogP contribution in [0.3, 0.4) is 0 Å². The van der Waals surface area contributed by atoms with Crippen molar-refractivity contribution < 1.29 is 18.1 Å². The minimum absolute atomic E-state index is 0.0213. The molecule has 0 bridgehead atoms. The Bertz CT molecular complexity index is 492. The predicted molar refractivity (Wildman–Crippen MR) is 74.3 cm³/mol. The van der Waals surface area contributed by atoms with Crippen LogP contribution in [0.1, 0.15) is 19.4 Å². The zero-order valence-corrected chi connectivity index (χ0v) is 12.5. The third-order valence-corrected chi connectivity index (χ3v) is 3.32. The summed E-state index contributed by atoms with van der Waals surface area (Å²) in [6, 6.07) is 3.71. The number of hydrogen-bond acceptors (Lipinski definition) is 3. The lowest BCUT2D eigenvalue weighted by molar-refractivity contribution is -0.384. The fourth-order valence-electron chi connectivity index (χ4n) is 1.78. The van der Waals surface area contributed by atoms with Crippen molar-refractivity contribution in [3.63, 3.8) is 0 Å². The van der Waals surface area contributed by atoms with E-state index in [2.05, 4.69) is 15.9 Å². The molecule has 0 amide bonds. The summed E-state index contributed by atoms with van der Waals surface area (Å²) in [4.78, 5) is 11.4. The maximum Gasteiger partial charge on any atom is 0.405 e. The molecule has 112 valence electrons. The molecule has 0 aliphatic heterocycles. The Kier molecular flexibility index (Phi) is 5.38. The second-order valence-corrected chi connectivity index (χ2v) is 5.11. The fourth-order valence-corrected chi connectivity index (χ4v) is 2.13. The van der Waals surface area contributed by atoms with Gasteiger partial charge < -0.3 is 4.90 Å². The topological polar surface area (TPSA) is 46.4 Å². The molecule has 0 aliphatic carbocycles. The summed E-state index contributed by atoms with van der Waals surface area (Å²) in [5, 5.41) is 11.5. The van der Waals surface area contributed by atoms with Crippen LogP contribution < -0.4 is 4.90 Å². The van der Waals surface area contributed by atoms with Crippen LogP contribution in [0.4, 0.5) is 24.5 Å². The van der Waals surface area contributed by atoms with Gasteiger partial charge in [-0.05, 0) is 25.5 Å². The van der Waals surface area contributed by atoms with Gasteiger partial charge in [0.15, 0.2) is 0 Å². The van der Waals surface area contributed by atoms with E-state index in [0.29, 0.717) is 10.9 Å². The van der Waals surface area contributed by atoms with Gasteiger partial charge in [0.1, 0.15) is 12.2 Å². The Balaban J connectivity index is 3.29. The molecule has 0 saturated heterocycles. The molecule has 0 spiro atoms. The van der Waals surface area contributed by atoms with E-state index in [1.165, 1.54) is 12.1 Å². The van der Waals surface area contributed by atoms with Crippen molar-refractivity contribution in [2.75, 3.05) is 11.4 Å². The highest BCUT2D eigenvalue weighted by Crippen LogP contribution is 2.33. The zero-order chi connectivity index (χ0) is 15.5. The minimum Gasteiger partial charge on any atom is -0.354 e. The summed E-state index contributed by atoms with van der Waals surface area (Å²) in [7, 11) is 0. The van der Waals surface area contributed by atoms with Crippen LogP contribution in [0.2, 0.25) is 0 Å². The summed E-state index contributed by atoms with van der Waals surface area (Å²) < 4.78 is 37.8. The fraction of sp³-hybridized carbons (Fsp3) is 0.500. The first kappa shape index (κ1) is 16.7. The average Bonchev–Trinajstić information content (AvgIpc) is 2.34. The van der Waals surface area contributed by atoms with Gasteiger partial charge in [-0.25, -0.2) is 0 Å². The number of hydrogen-bond donors (Lipinski definition) is 0. The predicted octanol–water partition coefficient (Wildman–Crippen LogP) is 4.27. The van der Waals surface area contributed by atoms with Crippen LogP contribution in [-0.2, 0) is 5.33 Å². The SMILES string of the molecule is CC(C)N(CC(F)(F)F)c1ccc(CBr)cc1[N+](=O)[O-]. The molecule has 0 aromatic heterocycles. The molecule has 0 N–H and O–H groups in total. The number of nitro benzene ring substituents is 1. The number of rotatable bonds is 5. The smallest absolute Gasteiger partial charge is 0.354 e. The van der Waals surface area contributed by atoms with Gasteiger partial charge in [0.25, 0.3) is 5.69 Å². The van der Waals surface area contributed by atoms with Crippen LogP contribution in [0, 0.1) is 10.1 Å². The number of anilines is 1. The van der Waals surface area contributed by atoms with Gasteiger partial charge in [0.05, 0.1) is 4.92 Å². The third-order valence-electron chi connectivity index (χ3n) is 2.67. The first-order valence-corrected chi connectivity index (χ1v) is 6.94. The molecule has 0 heterocycles. The second kappa shape index (κ2) is 6.43. The molecule has 0 atom stereocenters. The summed E-state index contributed by atoms with van der Waals surface area (Å²) in [5.74, 6) is 0. The van der Waals surface area contributed by atoms with Gasteiger partial charge in [-0.1, -0.05) is 22.0 Å². The van der Waals surface area contributed by atoms with E-state index in [0.717, 1.165) is 4.90 Å². The Morgan fingerprint density at radius 1 is 1.40 bits per heavy atom. The molecule has 0 fully saturated rings. The zero-order valence-electron chi connectivity index (χ0n) is 10.9. The summed E-state index contributed by atoms with van der Waals surface area (Å²) >= 11 is 3.16. The lowest BCUT2D eigenvalue weighted by Gasteiger charge is -2.29. The van der Waals surface area contributed by atoms with Crippen molar-refractivity contribution in [2.45, 2.75) is 31.4 Å². The van der Waals surface area contributed by atoms with Crippen molar-refractivity contribution >= 4 is 27.3 Å². The highest BCUT2D eigenvalue weighted by Gasteiger charge is 2.34. The minimum atomic E-state index is -4.42. The average molecular weight is 355 g/mol. The van der Waals surface area contributed by atoms with Crippen molar-refractivity contribution in [3.8, 4) is 0 Å². The molecule has 0 radical (unpaired) electrons. The number of halogens is 4. The van der Waals surface area contributed by atoms with Gasteiger partial charge in [0, 0.05) is 17.4 Å². The first-order chi connectivity index (χ1) is 9.15. The molecule has 1 rings (SSSR count). The molecule has 0 saturated carbocycles. The molecule has 4 nitrogen and oxygen atoms in total. The maximum atomic E-state index is 12.6. The Labute approximate surface area is 122 Å². The molecular weight excluding hydrogens is 341 g/mol. The maximum absolute atomic E-state index is 12.6. The number of alkyl halides is 4. The number of nitrogens with zero attached hydrogens (tertiary/aromatic N) is 2.